The molecular formula is C18H25NO2. The van der Waals surface area contributed by atoms with Crippen molar-refractivity contribution in [1.82, 2.24) is 0 Å². The first-order chi connectivity index (χ1) is 9.98. The van der Waals surface area contributed by atoms with Gasteiger partial charge in [0, 0.05) is 0 Å². The lowest BCUT2D eigenvalue weighted by atomic mass is 9.71. The molecule has 1 aliphatic rings. The maximum atomic E-state index is 8.85. The van der Waals surface area contributed by atoms with Gasteiger partial charge >= 0.3 is 0 Å². The molecule has 1 aromatic carbocycles. The van der Waals surface area contributed by atoms with E-state index in [1.165, 1.54) is 6.42 Å². The van der Waals surface area contributed by atoms with Gasteiger partial charge in [-0.15, -0.1) is 0 Å². The van der Waals surface area contributed by atoms with E-state index in [-0.39, 0.29) is 0 Å². The zero-order chi connectivity index (χ0) is 15.3. The minimum Gasteiger partial charge on any atom is -0.491 e. The third-order valence-corrected chi connectivity index (χ3v) is 4.02. The number of hydrogen-bond acceptors (Lipinski definition) is 3. The summed E-state index contributed by atoms with van der Waals surface area (Å²) in [7, 11) is 0. The summed E-state index contributed by atoms with van der Waals surface area (Å²) in [4.78, 5) is 0. The van der Waals surface area contributed by atoms with Crippen LogP contribution in [-0.2, 0) is 4.74 Å². The van der Waals surface area contributed by atoms with Gasteiger partial charge in [-0.25, -0.2) is 0 Å². The molecule has 0 aliphatic heterocycles. The lowest BCUT2D eigenvalue weighted by molar-refractivity contribution is -0.0317. The standard InChI is InChI=1S/C18H25NO2/c1-14-9-17(12-18(2,3)11-14)21-8-7-20-16-6-4-5-15(10-16)13-19/h4-6,10,14,17H,7-9,11-12H2,1-3H3. The van der Waals surface area contributed by atoms with Crippen LogP contribution in [0, 0.1) is 22.7 Å². The molecule has 1 aliphatic carbocycles. The van der Waals surface area contributed by atoms with Crippen molar-refractivity contribution >= 4 is 0 Å². The van der Waals surface area contributed by atoms with Crippen molar-refractivity contribution in [2.24, 2.45) is 11.3 Å². The Hall–Kier alpha value is -1.53. The first-order valence-electron chi connectivity index (χ1n) is 7.73. The molecule has 0 heterocycles. The van der Waals surface area contributed by atoms with E-state index in [4.69, 9.17) is 14.7 Å². The molecule has 21 heavy (non-hydrogen) atoms. The van der Waals surface area contributed by atoms with Crippen molar-refractivity contribution in [3.8, 4) is 11.8 Å². The zero-order valence-corrected chi connectivity index (χ0v) is 13.3. The van der Waals surface area contributed by atoms with E-state index < -0.39 is 0 Å². The fraction of sp³-hybridized carbons (Fsp3) is 0.611. The van der Waals surface area contributed by atoms with Crippen molar-refractivity contribution in [3.63, 3.8) is 0 Å². The molecule has 0 N–H and O–H groups in total. The summed E-state index contributed by atoms with van der Waals surface area (Å²) in [5.41, 5.74) is 1.00. The Morgan fingerprint density at radius 1 is 1.29 bits per heavy atom. The van der Waals surface area contributed by atoms with E-state index in [2.05, 4.69) is 26.8 Å². The Labute approximate surface area is 127 Å². The quantitative estimate of drug-likeness (QED) is 0.763. The Morgan fingerprint density at radius 3 is 2.81 bits per heavy atom. The molecule has 1 aromatic rings. The molecule has 3 nitrogen and oxygen atoms in total. The highest BCUT2D eigenvalue weighted by Gasteiger charge is 2.32. The van der Waals surface area contributed by atoms with E-state index in [1.807, 2.05) is 12.1 Å². The summed E-state index contributed by atoms with van der Waals surface area (Å²) in [6.45, 7) is 8.08. The van der Waals surface area contributed by atoms with Gasteiger partial charge in [0.05, 0.1) is 24.3 Å². The third kappa shape index (κ3) is 5.06. The average molecular weight is 287 g/mol. The molecule has 0 saturated heterocycles. The van der Waals surface area contributed by atoms with E-state index in [0.717, 1.165) is 24.5 Å². The molecular weight excluding hydrogens is 262 g/mol. The highest BCUT2D eigenvalue weighted by Crippen LogP contribution is 2.39. The van der Waals surface area contributed by atoms with Gasteiger partial charge in [0.15, 0.2) is 0 Å². The lowest BCUT2D eigenvalue weighted by Crippen LogP contribution is -2.33. The summed E-state index contributed by atoms with van der Waals surface area (Å²) >= 11 is 0. The van der Waals surface area contributed by atoms with Crippen LogP contribution in [0.3, 0.4) is 0 Å². The number of benzene rings is 1. The monoisotopic (exact) mass is 287 g/mol. The number of hydrogen-bond donors (Lipinski definition) is 0. The molecule has 2 unspecified atom stereocenters. The highest BCUT2D eigenvalue weighted by molar-refractivity contribution is 5.36. The van der Waals surface area contributed by atoms with Crippen molar-refractivity contribution in [3.05, 3.63) is 29.8 Å². The smallest absolute Gasteiger partial charge is 0.120 e. The summed E-state index contributed by atoms with van der Waals surface area (Å²) in [6, 6.07) is 9.34. The van der Waals surface area contributed by atoms with E-state index >= 15 is 0 Å². The molecule has 0 spiro atoms. The molecule has 0 amide bonds. The Morgan fingerprint density at radius 2 is 2.10 bits per heavy atom. The van der Waals surface area contributed by atoms with E-state index in [1.54, 1.807) is 12.1 Å². The molecule has 0 bridgehead atoms. The maximum Gasteiger partial charge on any atom is 0.120 e. The fourth-order valence-corrected chi connectivity index (χ4v) is 3.42. The van der Waals surface area contributed by atoms with Crippen molar-refractivity contribution in [2.75, 3.05) is 13.2 Å². The second-order valence-electron chi connectivity index (χ2n) is 6.89. The van der Waals surface area contributed by atoms with E-state index in [9.17, 15) is 0 Å². The molecule has 1 saturated carbocycles. The van der Waals surface area contributed by atoms with Crippen molar-refractivity contribution in [1.29, 1.82) is 5.26 Å². The van der Waals surface area contributed by atoms with Crippen LogP contribution in [0.15, 0.2) is 24.3 Å². The highest BCUT2D eigenvalue weighted by atomic mass is 16.5. The van der Waals surface area contributed by atoms with Crippen LogP contribution in [0.1, 0.15) is 45.6 Å². The molecule has 2 rings (SSSR count). The van der Waals surface area contributed by atoms with Gasteiger partial charge in [0.25, 0.3) is 0 Å². The largest absolute Gasteiger partial charge is 0.491 e. The van der Waals surface area contributed by atoms with Crippen molar-refractivity contribution in [2.45, 2.75) is 46.1 Å². The lowest BCUT2D eigenvalue weighted by Gasteiger charge is -2.38. The number of nitrogens with zero attached hydrogens (tertiary/aromatic N) is 1. The SMILES string of the molecule is CC1CC(OCCOc2cccc(C#N)c2)CC(C)(C)C1. The normalized spacial score (nSPS) is 24.3. The Bertz CT molecular complexity index is 504. The zero-order valence-electron chi connectivity index (χ0n) is 13.3. The summed E-state index contributed by atoms with van der Waals surface area (Å²) in [5.74, 6) is 1.46. The second-order valence-corrected chi connectivity index (χ2v) is 6.89. The van der Waals surface area contributed by atoms with Crippen LogP contribution in [0.4, 0.5) is 0 Å². The van der Waals surface area contributed by atoms with Gasteiger partial charge in [-0.2, -0.15) is 5.26 Å². The van der Waals surface area contributed by atoms with Crippen LogP contribution in [0.2, 0.25) is 0 Å². The van der Waals surface area contributed by atoms with Gasteiger partial charge in [-0.1, -0.05) is 26.8 Å². The molecule has 0 radical (unpaired) electrons. The van der Waals surface area contributed by atoms with Crippen LogP contribution < -0.4 is 4.74 Å². The minimum atomic E-state index is 0.345. The fourth-order valence-electron chi connectivity index (χ4n) is 3.42. The maximum absolute atomic E-state index is 8.85. The van der Waals surface area contributed by atoms with Gasteiger partial charge < -0.3 is 9.47 Å². The molecule has 1 fully saturated rings. The van der Waals surface area contributed by atoms with Gasteiger partial charge in [0.1, 0.15) is 12.4 Å². The predicted molar refractivity (Wildman–Crippen MR) is 83.2 cm³/mol. The molecule has 3 heteroatoms. The van der Waals surface area contributed by atoms with Crippen molar-refractivity contribution < 1.29 is 9.47 Å². The molecule has 2 atom stereocenters. The van der Waals surface area contributed by atoms with Gasteiger partial charge in [-0.05, 0) is 48.8 Å². The molecule has 0 aromatic heterocycles. The predicted octanol–water partition coefficient (Wildman–Crippen LogP) is 4.17. The van der Waals surface area contributed by atoms with Gasteiger partial charge in [-0.3, -0.25) is 0 Å². The number of nitriles is 1. The van der Waals surface area contributed by atoms with Crippen LogP contribution >= 0.6 is 0 Å². The van der Waals surface area contributed by atoms with Crippen LogP contribution in [-0.4, -0.2) is 19.3 Å². The van der Waals surface area contributed by atoms with Crippen LogP contribution in [0.5, 0.6) is 5.75 Å². The second kappa shape index (κ2) is 6.95. The van der Waals surface area contributed by atoms with E-state index in [0.29, 0.717) is 30.3 Å². The first-order valence-corrected chi connectivity index (χ1v) is 7.73. The van der Waals surface area contributed by atoms with Gasteiger partial charge in [0.2, 0.25) is 0 Å². The first kappa shape index (κ1) is 15.9. The minimum absolute atomic E-state index is 0.345. The Balaban J connectivity index is 1.73. The average Bonchev–Trinajstić information content (AvgIpc) is 2.42. The topological polar surface area (TPSA) is 42.2 Å². The Kier molecular flexibility index (Phi) is 5.25. The number of rotatable bonds is 5. The number of ether oxygens (including phenoxy) is 2. The summed E-state index contributed by atoms with van der Waals surface area (Å²) < 4.78 is 11.6. The third-order valence-electron chi connectivity index (χ3n) is 4.02. The summed E-state index contributed by atoms with van der Waals surface area (Å²) in [5, 5.41) is 8.85. The van der Waals surface area contributed by atoms with Crippen LogP contribution in [0.25, 0.3) is 0 Å². The molecule has 114 valence electrons. The summed E-state index contributed by atoms with van der Waals surface area (Å²) in [6.07, 6.45) is 3.90.